The molecule has 3 aromatic rings. The van der Waals surface area contributed by atoms with Crippen LogP contribution in [0.15, 0.2) is 47.4 Å². The average Bonchev–Trinajstić information content (AvgIpc) is 3.19. The fourth-order valence-electron chi connectivity index (χ4n) is 3.47. The van der Waals surface area contributed by atoms with Crippen LogP contribution in [0.25, 0.3) is 10.2 Å². The van der Waals surface area contributed by atoms with Gasteiger partial charge >= 0.3 is 0 Å². The van der Waals surface area contributed by atoms with Crippen LogP contribution in [0.5, 0.6) is 0 Å². The van der Waals surface area contributed by atoms with Crippen LogP contribution in [0.1, 0.15) is 31.7 Å². The predicted octanol–water partition coefficient (Wildman–Crippen LogP) is 5.05. The number of anilines is 1. The molecule has 0 unspecified atom stereocenters. The maximum Gasteiger partial charge on any atom is 0.228 e. The van der Waals surface area contributed by atoms with E-state index in [-0.39, 0.29) is 29.4 Å². The Morgan fingerprint density at radius 3 is 2.45 bits per heavy atom. The summed E-state index contributed by atoms with van der Waals surface area (Å²) in [4.78, 5) is 21.9. The Bertz CT molecular complexity index is 1190. The van der Waals surface area contributed by atoms with Crippen LogP contribution in [-0.4, -0.2) is 57.1 Å². The second-order valence-corrected chi connectivity index (χ2v) is 11.8. The average molecular weight is 508 g/mol. The summed E-state index contributed by atoms with van der Waals surface area (Å²) >= 11 is 7.36. The number of amides is 1. The normalized spacial score (nSPS) is 11.9. The monoisotopic (exact) mass is 507 g/mol. The Hall–Kier alpha value is -2.00. The summed E-state index contributed by atoms with van der Waals surface area (Å²) in [6, 6.07) is 12.3. The largest absolute Gasteiger partial charge is 0.309 e. The van der Waals surface area contributed by atoms with Crippen LogP contribution in [0.4, 0.5) is 5.13 Å². The fraction of sp³-hybridized carbons (Fsp3) is 0.417. The number of benzene rings is 2. The first-order valence-corrected chi connectivity index (χ1v) is 13.9. The number of thiazole rings is 1. The molecule has 0 fully saturated rings. The minimum absolute atomic E-state index is 0.0917. The maximum atomic E-state index is 13.2. The summed E-state index contributed by atoms with van der Waals surface area (Å²) in [5.41, 5.74) is 2.11. The number of aryl methyl sites for hydroxylation is 1. The summed E-state index contributed by atoms with van der Waals surface area (Å²) in [6.07, 6.45) is 2.14. The van der Waals surface area contributed by atoms with E-state index in [1.54, 1.807) is 17.0 Å². The second-order valence-electron chi connectivity index (χ2n) is 8.23. The van der Waals surface area contributed by atoms with Crippen LogP contribution < -0.4 is 4.90 Å². The first-order valence-electron chi connectivity index (χ1n) is 11.0. The summed E-state index contributed by atoms with van der Waals surface area (Å²) in [5.74, 6) is -0.194. The maximum absolute atomic E-state index is 13.2. The molecule has 0 saturated carbocycles. The highest BCUT2D eigenvalue weighted by atomic mass is 35.5. The van der Waals surface area contributed by atoms with Gasteiger partial charge in [0.25, 0.3) is 0 Å². The molecule has 1 amide bonds. The molecule has 0 radical (unpaired) electrons. The number of sulfone groups is 1. The third kappa shape index (κ3) is 6.99. The highest BCUT2D eigenvalue weighted by Gasteiger charge is 2.21. The molecule has 0 atom stereocenters. The van der Waals surface area contributed by atoms with E-state index < -0.39 is 9.84 Å². The number of rotatable bonds is 11. The lowest BCUT2D eigenvalue weighted by molar-refractivity contribution is -0.118. The fourth-order valence-corrected chi connectivity index (χ4v) is 5.98. The molecule has 0 saturated heterocycles. The van der Waals surface area contributed by atoms with E-state index in [4.69, 9.17) is 16.6 Å². The molecule has 3 rings (SSSR count). The smallest absolute Gasteiger partial charge is 0.228 e. The standard InChI is InChI=1S/C24H30ClN3O3S2/c1-4-18-8-13-21-22(17-18)32-24(26-21)28(15-6-14-27(2)3)23(29)7-5-16-33(30,31)20-11-9-19(25)10-12-20/h8-13,17H,4-7,14-16H2,1-3H3. The molecule has 0 spiro atoms. The predicted molar refractivity (Wildman–Crippen MR) is 137 cm³/mol. The van der Waals surface area contributed by atoms with Crippen molar-refractivity contribution in [2.45, 2.75) is 37.5 Å². The molecule has 0 aliphatic heterocycles. The zero-order valence-electron chi connectivity index (χ0n) is 19.3. The van der Waals surface area contributed by atoms with Gasteiger partial charge in [-0.2, -0.15) is 0 Å². The van der Waals surface area contributed by atoms with Crippen LogP contribution in [0.2, 0.25) is 5.02 Å². The van der Waals surface area contributed by atoms with E-state index in [9.17, 15) is 13.2 Å². The van der Waals surface area contributed by atoms with E-state index >= 15 is 0 Å². The Labute approximate surface area is 205 Å². The van der Waals surface area contributed by atoms with Gasteiger partial charge in [0.2, 0.25) is 5.91 Å². The van der Waals surface area contributed by atoms with Gasteiger partial charge in [0.15, 0.2) is 15.0 Å². The lowest BCUT2D eigenvalue weighted by Gasteiger charge is -2.21. The number of carbonyl (C=O) groups excluding carboxylic acids is 1. The number of aromatic nitrogens is 1. The molecule has 1 heterocycles. The summed E-state index contributed by atoms with van der Waals surface area (Å²) in [5, 5.41) is 1.15. The van der Waals surface area contributed by atoms with Crippen molar-refractivity contribution in [1.82, 2.24) is 9.88 Å². The van der Waals surface area contributed by atoms with Crippen LogP contribution in [0.3, 0.4) is 0 Å². The third-order valence-electron chi connectivity index (χ3n) is 5.35. The molecule has 0 aliphatic carbocycles. The van der Waals surface area contributed by atoms with Gasteiger partial charge in [-0.25, -0.2) is 13.4 Å². The SMILES string of the molecule is CCc1ccc2nc(N(CCCN(C)C)C(=O)CCCS(=O)(=O)c3ccc(Cl)cc3)sc2c1. The van der Waals surface area contributed by atoms with E-state index in [2.05, 4.69) is 24.0 Å². The van der Waals surface area contributed by atoms with Crippen molar-refractivity contribution in [2.24, 2.45) is 0 Å². The zero-order valence-corrected chi connectivity index (χ0v) is 21.6. The Balaban J connectivity index is 1.72. The Kier molecular flexibility index (Phi) is 8.87. The van der Waals surface area contributed by atoms with E-state index in [1.165, 1.54) is 29.0 Å². The van der Waals surface area contributed by atoms with Gasteiger partial charge in [0.05, 0.1) is 20.9 Å². The number of nitrogens with zero attached hydrogens (tertiary/aromatic N) is 3. The molecule has 0 N–H and O–H groups in total. The molecule has 178 valence electrons. The Morgan fingerprint density at radius 2 is 1.79 bits per heavy atom. The van der Waals surface area contributed by atoms with Crippen molar-refractivity contribution in [3.8, 4) is 0 Å². The first kappa shape index (κ1) is 25.6. The molecule has 0 bridgehead atoms. The van der Waals surface area contributed by atoms with E-state index in [0.717, 1.165) is 29.6 Å². The lowest BCUT2D eigenvalue weighted by atomic mass is 10.2. The van der Waals surface area contributed by atoms with Crippen LogP contribution in [0, 0.1) is 0 Å². The zero-order chi connectivity index (χ0) is 24.0. The van der Waals surface area contributed by atoms with Crippen molar-refractivity contribution in [3.63, 3.8) is 0 Å². The lowest BCUT2D eigenvalue weighted by Crippen LogP contribution is -2.33. The van der Waals surface area contributed by atoms with Gasteiger partial charge in [-0.1, -0.05) is 35.9 Å². The van der Waals surface area contributed by atoms with Crippen molar-refractivity contribution in [2.75, 3.05) is 37.8 Å². The molecule has 1 aromatic heterocycles. The molecule has 9 heteroatoms. The summed E-state index contributed by atoms with van der Waals surface area (Å²) in [6.45, 7) is 3.50. The van der Waals surface area contributed by atoms with Crippen LogP contribution in [-0.2, 0) is 21.1 Å². The summed E-state index contributed by atoms with van der Waals surface area (Å²) < 4.78 is 26.3. The molecule has 0 aliphatic rings. The van der Waals surface area contributed by atoms with Gasteiger partial charge < -0.3 is 4.90 Å². The van der Waals surface area contributed by atoms with Gasteiger partial charge in [-0.15, -0.1) is 0 Å². The van der Waals surface area contributed by atoms with Gasteiger partial charge in [0.1, 0.15) is 0 Å². The van der Waals surface area contributed by atoms with Crippen molar-refractivity contribution < 1.29 is 13.2 Å². The number of hydrogen-bond donors (Lipinski definition) is 0. The van der Waals surface area contributed by atoms with Crippen molar-refractivity contribution in [3.05, 3.63) is 53.1 Å². The molecular weight excluding hydrogens is 478 g/mol. The van der Waals surface area contributed by atoms with Crippen molar-refractivity contribution in [1.29, 1.82) is 0 Å². The Morgan fingerprint density at radius 1 is 1.06 bits per heavy atom. The highest BCUT2D eigenvalue weighted by molar-refractivity contribution is 7.91. The quantitative estimate of drug-likeness (QED) is 0.363. The minimum Gasteiger partial charge on any atom is -0.309 e. The topological polar surface area (TPSA) is 70.6 Å². The van der Waals surface area contributed by atoms with Gasteiger partial charge in [0, 0.05) is 18.0 Å². The third-order valence-corrected chi connectivity index (χ3v) is 8.45. The highest BCUT2D eigenvalue weighted by Crippen LogP contribution is 2.30. The second kappa shape index (κ2) is 11.4. The molecule has 33 heavy (non-hydrogen) atoms. The van der Waals surface area contributed by atoms with E-state index in [0.29, 0.717) is 16.7 Å². The number of fused-ring (bicyclic) bond motifs is 1. The molecular formula is C24H30ClN3O3S2. The molecule has 6 nitrogen and oxygen atoms in total. The van der Waals surface area contributed by atoms with Gasteiger partial charge in [-0.05, 0) is 81.9 Å². The number of carbonyl (C=O) groups is 1. The summed E-state index contributed by atoms with van der Waals surface area (Å²) in [7, 11) is 0.527. The number of halogens is 1. The van der Waals surface area contributed by atoms with E-state index in [1.807, 2.05) is 20.2 Å². The first-order chi connectivity index (χ1) is 15.7. The molecule has 2 aromatic carbocycles. The van der Waals surface area contributed by atoms with Gasteiger partial charge in [-0.3, -0.25) is 9.69 Å². The number of hydrogen-bond acceptors (Lipinski definition) is 6. The van der Waals surface area contributed by atoms with Crippen LogP contribution >= 0.6 is 22.9 Å². The van der Waals surface area contributed by atoms with Crippen molar-refractivity contribution >= 4 is 54.0 Å². The minimum atomic E-state index is -3.47.